The Kier molecular flexibility index (Phi) is 7.83. The molecule has 1 saturated carbocycles. The molecule has 10 nitrogen and oxygen atoms in total. The molecule has 1 aromatic heterocycles. The van der Waals surface area contributed by atoms with E-state index < -0.39 is 10.0 Å². The average Bonchev–Trinajstić information content (AvgIpc) is 3.75. The molecule has 39 heavy (non-hydrogen) atoms. The lowest BCUT2D eigenvalue weighted by Crippen LogP contribution is -2.43. The van der Waals surface area contributed by atoms with E-state index in [0.717, 1.165) is 47.3 Å². The highest BCUT2D eigenvalue weighted by atomic mass is 32.2. The lowest BCUT2D eigenvalue weighted by atomic mass is 10.1. The Morgan fingerprint density at radius 2 is 1.79 bits per heavy atom. The number of ether oxygens (including phenoxy) is 1. The van der Waals surface area contributed by atoms with E-state index in [1.54, 1.807) is 6.20 Å². The van der Waals surface area contributed by atoms with E-state index in [1.165, 1.54) is 5.56 Å². The molecule has 2 aromatic carbocycles. The number of rotatable bonds is 8. The molecule has 6 rings (SSSR count). The molecule has 2 atom stereocenters. The van der Waals surface area contributed by atoms with Crippen molar-refractivity contribution in [2.45, 2.75) is 64.0 Å². The van der Waals surface area contributed by atoms with E-state index in [1.807, 2.05) is 63.2 Å². The molecule has 2 fully saturated rings. The number of nitrogens with zero attached hydrogens (tertiary/aromatic N) is 2. The zero-order chi connectivity index (χ0) is 27.6. The van der Waals surface area contributed by atoms with Crippen molar-refractivity contribution in [1.82, 2.24) is 20.0 Å². The van der Waals surface area contributed by atoms with Crippen LogP contribution in [0.2, 0.25) is 0 Å². The molecule has 0 spiro atoms. The summed E-state index contributed by atoms with van der Waals surface area (Å²) in [5.41, 5.74) is 5.64. The van der Waals surface area contributed by atoms with Crippen molar-refractivity contribution in [3.8, 4) is 0 Å². The molecule has 3 aliphatic rings. The zero-order valence-corrected chi connectivity index (χ0v) is 23.1. The zero-order valence-electron chi connectivity index (χ0n) is 22.3. The Labute approximate surface area is 229 Å². The summed E-state index contributed by atoms with van der Waals surface area (Å²) in [6, 6.07) is 13.5. The van der Waals surface area contributed by atoms with Crippen molar-refractivity contribution < 1.29 is 17.9 Å². The van der Waals surface area contributed by atoms with Crippen LogP contribution in [0, 0.1) is 6.92 Å². The number of hydrogen-bond donors (Lipinski definition) is 4. The second kappa shape index (κ2) is 11.3. The van der Waals surface area contributed by atoms with Gasteiger partial charge in [-0.2, -0.15) is 4.98 Å². The first-order valence-corrected chi connectivity index (χ1v) is 14.9. The lowest BCUT2D eigenvalue weighted by molar-refractivity contribution is -0.136. The summed E-state index contributed by atoms with van der Waals surface area (Å²) in [6.45, 7) is 6.31. The second-order valence-electron chi connectivity index (χ2n) is 9.75. The standard InChI is InChI=1S/C26H28N6O4S.C2H6/c1-15-12-27-26(30-19-7-4-17-10-22-24(21(17)11-19)31-23(33)14-36-22)32-25(15)29-18-5-2-16(3-6-18)13-28-37(34,35)20-8-9-20;1-2/h2-7,11-12,20,22,24,28H,8-10,13-14H2,1H3,(H,31,33)(H2,27,29,30,32);1-2H3/t22-,24+;/m0./s1. The largest absolute Gasteiger partial charge is 0.366 e. The summed E-state index contributed by atoms with van der Waals surface area (Å²) in [7, 11) is -3.21. The van der Waals surface area contributed by atoms with Crippen LogP contribution < -0.4 is 20.7 Å². The number of hydrogen-bond acceptors (Lipinski definition) is 8. The number of carbonyl (C=O) groups excluding carboxylic acids is 1. The molecular formula is C28H34N6O4S. The lowest BCUT2D eigenvalue weighted by Gasteiger charge is -2.27. The average molecular weight is 551 g/mol. The van der Waals surface area contributed by atoms with Gasteiger partial charge in [-0.3, -0.25) is 4.79 Å². The number of morpholine rings is 1. The monoisotopic (exact) mass is 550 g/mol. The maximum absolute atomic E-state index is 12.0. The Morgan fingerprint density at radius 3 is 2.54 bits per heavy atom. The van der Waals surface area contributed by atoms with Crippen LogP contribution in [-0.4, -0.2) is 42.3 Å². The Balaban J connectivity index is 0.00000151. The van der Waals surface area contributed by atoms with Gasteiger partial charge in [-0.25, -0.2) is 18.1 Å². The predicted molar refractivity (Wildman–Crippen MR) is 151 cm³/mol. The van der Waals surface area contributed by atoms with Crippen molar-refractivity contribution in [3.05, 3.63) is 70.9 Å². The second-order valence-corrected chi connectivity index (χ2v) is 11.8. The summed E-state index contributed by atoms with van der Waals surface area (Å²) in [4.78, 5) is 20.9. The smallest absolute Gasteiger partial charge is 0.246 e. The number of aryl methyl sites for hydroxylation is 1. The molecule has 3 aromatic rings. The number of sulfonamides is 1. The number of nitrogens with one attached hydrogen (secondary N) is 4. The molecular weight excluding hydrogens is 516 g/mol. The van der Waals surface area contributed by atoms with Gasteiger partial charge in [0.2, 0.25) is 21.9 Å². The van der Waals surface area contributed by atoms with Crippen LogP contribution in [-0.2, 0) is 32.5 Å². The van der Waals surface area contributed by atoms with E-state index >= 15 is 0 Å². The first-order valence-electron chi connectivity index (χ1n) is 13.3. The van der Waals surface area contributed by atoms with Gasteiger partial charge in [0.05, 0.1) is 17.4 Å². The number of benzene rings is 2. The molecule has 1 amide bonds. The van der Waals surface area contributed by atoms with Crippen LogP contribution in [0.25, 0.3) is 0 Å². The van der Waals surface area contributed by atoms with Crippen molar-refractivity contribution in [1.29, 1.82) is 0 Å². The molecule has 1 saturated heterocycles. The van der Waals surface area contributed by atoms with Gasteiger partial charge in [0, 0.05) is 36.1 Å². The molecule has 2 aliphatic carbocycles. The van der Waals surface area contributed by atoms with Crippen LogP contribution in [0.4, 0.5) is 23.1 Å². The Hall–Kier alpha value is -3.54. The fraction of sp³-hybridized carbons (Fsp3) is 0.393. The third kappa shape index (κ3) is 6.21. The number of carbonyl (C=O) groups is 1. The molecule has 11 heteroatoms. The van der Waals surface area contributed by atoms with Gasteiger partial charge in [-0.1, -0.05) is 32.0 Å². The molecule has 0 unspecified atom stereocenters. The SMILES string of the molecule is CC.Cc1cnc(Nc2ccc3c(c2)[C@H]2NC(=O)CO[C@H]2C3)nc1Nc1ccc(CNS(=O)(=O)C2CC2)cc1. The first-order chi connectivity index (χ1) is 18.8. The van der Waals surface area contributed by atoms with Crippen LogP contribution >= 0.6 is 0 Å². The molecule has 0 bridgehead atoms. The Morgan fingerprint density at radius 1 is 1.05 bits per heavy atom. The minimum atomic E-state index is -3.21. The molecule has 206 valence electrons. The van der Waals surface area contributed by atoms with Gasteiger partial charge in [-0.05, 0) is 60.7 Å². The predicted octanol–water partition coefficient (Wildman–Crippen LogP) is 3.99. The van der Waals surface area contributed by atoms with Crippen LogP contribution in [0.3, 0.4) is 0 Å². The minimum absolute atomic E-state index is 0.0286. The molecule has 0 radical (unpaired) electrons. The van der Waals surface area contributed by atoms with E-state index in [4.69, 9.17) is 4.74 Å². The maximum atomic E-state index is 12.0. The topological polar surface area (TPSA) is 134 Å². The highest BCUT2D eigenvalue weighted by Gasteiger charge is 2.38. The highest BCUT2D eigenvalue weighted by molar-refractivity contribution is 7.90. The van der Waals surface area contributed by atoms with Gasteiger partial charge < -0.3 is 20.7 Å². The van der Waals surface area contributed by atoms with Crippen LogP contribution in [0.5, 0.6) is 0 Å². The van der Waals surface area contributed by atoms with Gasteiger partial charge >= 0.3 is 0 Å². The first kappa shape index (κ1) is 27.0. The van der Waals surface area contributed by atoms with E-state index in [2.05, 4.69) is 30.6 Å². The summed E-state index contributed by atoms with van der Waals surface area (Å²) < 4.78 is 32.4. The fourth-order valence-corrected chi connectivity index (χ4v) is 6.05. The van der Waals surface area contributed by atoms with Gasteiger partial charge in [-0.15, -0.1) is 0 Å². The van der Waals surface area contributed by atoms with Crippen LogP contribution in [0.1, 0.15) is 55.0 Å². The quantitative estimate of drug-likeness (QED) is 0.331. The fourth-order valence-electron chi connectivity index (χ4n) is 4.69. The Bertz CT molecular complexity index is 1460. The van der Waals surface area contributed by atoms with Crippen molar-refractivity contribution in [2.24, 2.45) is 0 Å². The number of aromatic nitrogens is 2. The maximum Gasteiger partial charge on any atom is 0.246 e. The highest BCUT2D eigenvalue weighted by Crippen LogP contribution is 2.37. The van der Waals surface area contributed by atoms with Crippen molar-refractivity contribution in [2.75, 3.05) is 17.2 Å². The summed E-state index contributed by atoms with van der Waals surface area (Å²) in [5.74, 6) is 1.00. The van der Waals surface area contributed by atoms with E-state index in [-0.39, 0.29) is 36.5 Å². The van der Waals surface area contributed by atoms with Gasteiger partial charge in [0.25, 0.3) is 0 Å². The van der Waals surface area contributed by atoms with Crippen LogP contribution in [0.15, 0.2) is 48.7 Å². The summed E-state index contributed by atoms with van der Waals surface area (Å²) in [6.07, 6.45) is 3.99. The third-order valence-corrected chi connectivity index (χ3v) is 8.80. The number of anilines is 4. The normalized spacial score (nSPS) is 19.7. The minimum Gasteiger partial charge on any atom is -0.366 e. The molecule has 4 N–H and O–H groups in total. The number of fused-ring (bicyclic) bond motifs is 3. The molecule has 2 heterocycles. The summed E-state index contributed by atoms with van der Waals surface area (Å²) >= 11 is 0. The van der Waals surface area contributed by atoms with E-state index in [0.29, 0.717) is 11.8 Å². The van der Waals surface area contributed by atoms with Crippen molar-refractivity contribution in [3.63, 3.8) is 0 Å². The third-order valence-electron chi connectivity index (χ3n) is 6.90. The van der Waals surface area contributed by atoms with Crippen molar-refractivity contribution >= 4 is 39.1 Å². The van der Waals surface area contributed by atoms with Gasteiger partial charge in [0.1, 0.15) is 12.4 Å². The number of amides is 1. The van der Waals surface area contributed by atoms with Gasteiger partial charge in [0.15, 0.2) is 0 Å². The summed E-state index contributed by atoms with van der Waals surface area (Å²) in [5, 5.41) is 9.38. The molecule has 1 aliphatic heterocycles. The van der Waals surface area contributed by atoms with E-state index in [9.17, 15) is 13.2 Å².